The van der Waals surface area contributed by atoms with Gasteiger partial charge in [0.1, 0.15) is 29.3 Å². The molecule has 2 rings (SSSR count). The Balaban J connectivity index is 2.47. The molecule has 0 heterocycles. The summed E-state index contributed by atoms with van der Waals surface area (Å²) in [5.41, 5.74) is -0.465. The molecule has 1 atom stereocenters. The van der Waals surface area contributed by atoms with Crippen molar-refractivity contribution in [3.8, 4) is 5.75 Å². The molecule has 1 N–H and O–H groups in total. The first-order valence-electron chi connectivity index (χ1n) is 5.60. The number of ether oxygens (including phenoxy) is 1. The minimum atomic E-state index is -1.60. The smallest absolute Gasteiger partial charge is 0.141 e. The molecule has 0 amide bonds. The molecule has 0 aliphatic rings. The van der Waals surface area contributed by atoms with Gasteiger partial charge in [0.05, 0.1) is 17.7 Å². The third-order valence-corrected chi connectivity index (χ3v) is 3.11. The zero-order chi connectivity index (χ0) is 14.9. The Labute approximate surface area is 118 Å². The molecule has 6 heteroatoms. The van der Waals surface area contributed by atoms with Gasteiger partial charge in [-0.25, -0.2) is 13.2 Å². The van der Waals surface area contributed by atoms with E-state index in [9.17, 15) is 18.3 Å². The van der Waals surface area contributed by atoms with Crippen molar-refractivity contribution in [2.75, 3.05) is 7.11 Å². The molecule has 0 bridgehead atoms. The van der Waals surface area contributed by atoms with Crippen molar-refractivity contribution in [2.24, 2.45) is 0 Å². The van der Waals surface area contributed by atoms with Crippen molar-refractivity contribution in [3.63, 3.8) is 0 Å². The van der Waals surface area contributed by atoms with Crippen molar-refractivity contribution < 1.29 is 23.0 Å². The van der Waals surface area contributed by atoms with E-state index in [-0.39, 0.29) is 16.3 Å². The van der Waals surface area contributed by atoms with Crippen molar-refractivity contribution in [3.05, 3.63) is 63.9 Å². The van der Waals surface area contributed by atoms with Crippen LogP contribution in [-0.4, -0.2) is 12.2 Å². The number of methoxy groups -OCH3 is 1. The lowest BCUT2D eigenvalue weighted by atomic mass is 10.00. The first kappa shape index (κ1) is 14.7. The van der Waals surface area contributed by atoms with Crippen LogP contribution in [0.15, 0.2) is 30.3 Å². The maximum atomic E-state index is 13.8. The fourth-order valence-electron chi connectivity index (χ4n) is 1.79. The summed E-state index contributed by atoms with van der Waals surface area (Å²) in [6.45, 7) is 0. The van der Waals surface area contributed by atoms with E-state index in [1.54, 1.807) is 0 Å². The van der Waals surface area contributed by atoms with E-state index >= 15 is 0 Å². The Bertz CT molecular complexity index is 623. The second kappa shape index (κ2) is 5.73. The van der Waals surface area contributed by atoms with E-state index in [1.165, 1.54) is 13.2 Å². The van der Waals surface area contributed by atoms with E-state index in [0.29, 0.717) is 0 Å². The molecule has 1 unspecified atom stereocenters. The number of aliphatic hydroxyl groups is 1. The molecule has 0 aliphatic heterocycles. The highest BCUT2D eigenvalue weighted by atomic mass is 35.5. The lowest BCUT2D eigenvalue weighted by Gasteiger charge is -2.15. The lowest BCUT2D eigenvalue weighted by molar-refractivity contribution is 0.208. The zero-order valence-corrected chi connectivity index (χ0v) is 11.1. The molecule has 106 valence electrons. The second-order valence-corrected chi connectivity index (χ2v) is 4.49. The monoisotopic (exact) mass is 302 g/mol. The highest BCUT2D eigenvalue weighted by Gasteiger charge is 2.21. The molecule has 0 saturated carbocycles. The van der Waals surface area contributed by atoms with Gasteiger partial charge in [-0.2, -0.15) is 0 Å². The third kappa shape index (κ3) is 2.73. The van der Waals surface area contributed by atoms with Gasteiger partial charge in [0.15, 0.2) is 0 Å². The first-order chi connectivity index (χ1) is 9.43. The Morgan fingerprint density at radius 2 is 1.65 bits per heavy atom. The van der Waals surface area contributed by atoms with Crippen molar-refractivity contribution in [1.82, 2.24) is 0 Å². The molecular weight excluding hydrogens is 293 g/mol. The third-order valence-electron chi connectivity index (χ3n) is 2.82. The summed E-state index contributed by atoms with van der Waals surface area (Å²) in [5.74, 6) is -2.61. The maximum absolute atomic E-state index is 13.8. The standard InChI is InChI=1S/C14H10ClF3O2/c1-20-8-5-11(17)13(12(18)6-8)14(19)7-2-3-10(16)9(15)4-7/h2-6,14,19H,1H3. The molecule has 2 nitrogen and oxygen atoms in total. The Morgan fingerprint density at radius 3 is 2.15 bits per heavy atom. The quantitative estimate of drug-likeness (QED) is 0.933. The Hall–Kier alpha value is -1.72. The molecule has 2 aromatic carbocycles. The first-order valence-corrected chi connectivity index (χ1v) is 5.97. The Morgan fingerprint density at radius 1 is 1.05 bits per heavy atom. The predicted molar refractivity (Wildman–Crippen MR) is 68.4 cm³/mol. The largest absolute Gasteiger partial charge is 0.497 e. The fraction of sp³-hybridized carbons (Fsp3) is 0.143. The van der Waals surface area contributed by atoms with Crippen molar-refractivity contribution in [1.29, 1.82) is 0 Å². The van der Waals surface area contributed by atoms with Crippen LogP contribution in [0.4, 0.5) is 13.2 Å². The normalized spacial score (nSPS) is 12.3. The van der Waals surface area contributed by atoms with Crippen LogP contribution < -0.4 is 4.74 Å². The van der Waals surface area contributed by atoms with E-state index in [4.69, 9.17) is 16.3 Å². The van der Waals surface area contributed by atoms with Gasteiger partial charge in [0.25, 0.3) is 0 Å². The van der Waals surface area contributed by atoms with Gasteiger partial charge in [-0.3, -0.25) is 0 Å². The molecule has 0 aromatic heterocycles. The summed E-state index contributed by atoms with van der Waals surface area (Å²) in [7, 11) is 1.27. The summed E-state index contributed by atoms with van der Waals surface area (Å²) in [6, 6.07) is 5.24. The fourth-order valence-corrected chi connectivity index (χ4v) is 1.98. The Kier molecular flexibility index (Phi) is 4.20. The van der Waals surface area contributed by atoms with Gasteiger partial charge in [-0.15, -0.1) is 0 Å². The predicted octanol–water partition coefficient (Wildman–Crippen LogP) is 3.85. The SMILES string of the molecule is COc1cc(F)c(C(O)c2ccc(F)c(Cl)c2)c(F)c1. The van der Waals surface area contributed by atoms with Gasteiger partial charge in [0, 0.05) is 12.1 Å². The van der Waals surface area contributed by atoms with Gasteiger partial charge < -0.3 is 9.84 Å². The van der Waals surface area contributed by atoms with Crippen molar-refractivity contribution in [2.45, 2.75) is 6.10 Å². The van der Waals surface area contributed by atoms with Crippen LogP contribution in [0.3, 0.4) is 0 Å². The number of rotatable bonds is 3. The van der Waals surface area contributed by atoms with Gasteiger partial charge in [-0.1, -0.05) is 17.7 Å². The maximum Gasteiger partial charge on any atom is 0.141 e. The van der Waals surface area contributed by atoms with Gasteiger partial charge >= 0.3 is 0 Å². The van der Waals surface area contributed by atoms with E-state index < -0.39 is 29.1 Å². The molecule has 0 aliphatic carbocycles. The average molecular weight is 303 g/mol. The van der Waals surface area contributed by atoms with Crippen LogP contribution in [0.1, 0.15) is 17.2 Å². The number of benzene rings is 2. The molecular formula is C14H10ClF3O2. The average Bonchev–Trinajstić information content (AvgIpc) is 2.40. The zero-order valence-electron chi connectivity index (χ0n) is 10.3. The number of aliphatic hydroxyl groups excluding tert-OH is 1. The molecule has 20 heavy (non-hydrogen) atoms. The molecule has 0 radical (unpaired) electrons. The van der Waals surface area contributed by atoms with Crippen LogP contribution >= 0.6 is 11.6 Å². The minimum Gasteiger partial charge on any atom is -0.497 e. The molecule has 0 spiro atoms. The van der Waals surface area contributed by atoms with Crippen LogP contribution in [0, 0.1) is 17.5 Å². The number of hydrogen-bond acceptors (Lipinski definition) is 2. The number of halogens is 4. The summed E-state index contributed by atoms with van der Waals surface area (Å²) < 4.78 is 45.4. The van der Waals surface area contributed by atoms with Crippen LogP contribution in [-0.2, 0) is 0 Å². The second-order valence-electron chi connectivity index (χ2n) is 4.08. The number of hydrogen-bond donors (Lipinski definition) is 1. The minimum absolute atomic E-state index is 0.00640. The van der Waals surface area contributed by atoms with Gasteiger partial charge in [-0.05, 0) is 17.7 Å². The topological polar surface area (TPSA) is 29.5 Å². The van der Waals surface area contributed by atoms with Gasteiger partial charge in [0.2, 0.25) is 0 Å². The van der Waals surface area contributed by atoms with E-state index in [0.717, 1.165) is 24.3 Å². The summed E-state index contributed by atoms with van der Waals surface area (Å²) >= 11 is 5.58. The summed E-state index contributed by atoms with van der Waals surface area (Å²) in [4.78, 5) is 0. The summed E-state index contributed by atoms with van der Waals surface area (Å²) in [6.07, 6.45) is -1.60. The van der Waals surface area contributed by atoms with Crippen LogP contribution in [0.5, 0.6) is 5.75 Å². The molecule has 0 saturated heterocycles. The van der Waals surface area contributed by atoms with Crippen LogP contribution in [0.25, 0.3) is 0 Å². The van der Waals surface area contributed by atoms with E-state index in [2.05, 4.69) is 0 Å². The molecule has 0 fully saturated rings. The van der Waals surface area contributed by atoms with E-state index in [1.807, 2.05) is 0 Å². The van der Waals surface area contributed by atoms with Crippen LogP contribution in [0.2, 0.25) is 5.02 Å². The van der Waals surface area contributed by atoms with Crippen molar-refractivity contribution >= 4 is 11.6 Å². The summed E-state index contributed by atoms with van der Waals surface area (Å²) in [5, 5.41) is 9.79. The lowest BCUT2D eigenvalue weighted by Crippen LogP contribution is -2.06. The highest BCUT2D eigenvalue weighted by molar-refractivity contribution is 6.30. The highest BCUT2D eigenvalue weighted by Crippen LogP contribution is 2.31. The molecule has 2 aromatic rings.